The molecule has 0 aliphatic carbocycles. The molecule has 0 aromatic rings. The summed E-state index contributed by atoms with van der Waals surface area (Å²) >= 11 is 0. The van der Waals surface area contributed by atoms with E-state index < -0.39 is 29.3 Å². The number of carbonyl (C=O) groups is 3. The van der Waals surface area contributed by atoms with Gasteiger partial charge in [-0.15, -0.1) is 0 Å². The predicted molar refractivity (Wildman–Crippen MR) is 65.9 cm³/mol. The molecule has 0 aromatic carbocycles. The van der Waals surface area contributed by atoms with E-state index in [0.29, 0.717) is 6.54 Å². The molecule has 1 heterocycles. The number of hydrogen-bond donors (Lipinski definition) is 1. The Morgan fingerprint density at radius 2 is 1.95 bits per heavy atom. The smallest absolute Gasteiger partial charge is 0.323 e. The molecule has 1 saturated heterocycles. The monoisotopic (exact) mass is 272 g/mol. The summed E-state index contributed by atoms with van der Waals surface area (Å²) in [7, 11) is 4.33. The molecule has 0 saturated carbocycles. The van der Waals surface area contributed by atoms with Crippen LogP contribution in [-0.4, -0.2) is 56.6 Å². The molecule has 2 atom stereocenters. The number of primary amides is 1. The Labute approximate surface area is 112 Å². The fourth-order valence-corrected chi connectivity index (χ4v) is 2.59. The lowest BCUT2D eigenvalue weighted by atomic mass is 9.81. The first-order chi connectivity index (χ1) is 8.86. The van der Waals surface area contributed by atoms with Crippen LogP contribution >= 0.6 is 0 Å². The Morgan fingerprint density at radius 1 is 1.32 bits per heavy atom. The van der Waals surface area contributed by atoms with Crippen LogP contribution in [0.4, 0.5) is 0 Å². The summed E-state index contributed by atoms with van der Waals surface area (Å²) in [6.45, 7) is 0.340. The maximum absolute atomic E-state index is 12.0. The van der Waals surface area contributed by atoms with Gasteiger partial charge in [0, 0.05) is 13.0 Å². The van der Waals surface area contributed by atoms with Crippen molar-refractivity contribution in [3.63, 3.8) is 0 Å². The van der Waals surface area contributed by atoms with E-state index in [9.17, 15) is 14.4 Å². The van der Waals surface area contributed by atoms with Gasteiger partial charge in [0.15, 0.2) is 0 Å². The van der Waals surface area contributed by atoms with Crippen LogP contribution in [-0.2, 0) is 23.9 Å². The van der Waals surface area contributed by atoms with Gasteiger partial charge in [0.2, 0.25) is 5.91 Å². The summed E-state index contributed by atoms with van der Waals surface area (Å²) in [6.07, 6.45) is 0.625. The third-order valence-corrected chi connectivity index (χ3v) is 3.61. The van der Waals surface area contributed by atoms with Crippen molar-refractivity contribution < 1.29 is 23.9 Å². The largest absolute Gasteiger partial charge is 0.469 e. The van der Waals surface area contributed by atoms with Crippen LogP contribution in [0.2, 0.25) is 0 Å². The molecule has 0 aromatic heterocycles. The van der Waals surface area contributed by atoms with Crippen molar-refractivity contribution >= 4 is 17.8 Å². The number of esters is 2. The fraction of sp³-hybridized carbons (Fsp3) is 0.750. The van der Waals surface area contributed by atoms with Crippen molar-refractivity contribution in [3.8, 4) is 0 Å². The lowest BCUT2D eigenvalue weighted by Crippen LogP contribution is -2.36. The highest BCUT2D eigenvalue weighted by atomic mass is 16.5. The minimum absolute atomic E-state index is 0.0802. The average Bonchev–Trinajstić information content (AvgIpc) is 2.73. The lowest BCUT2D eigenvalue weighted by molar-refractivity contribution is -0.152. The standard InChI is InChI=1S/C12H20N2O5/c1-14-7-12(11(17)19-3,5-4-9(13)15)6-8(14)10(16)18-2/h8H,4-7H2,1-3H3,(H2,13,15). The van der Waals surface area contributed by atoms with Crippen molar-refractivity contribution in [2.75, 3.05) is 27.8 Å². The molecule has 7 heteroatoms. The van der Waals surface area contributed by atoms with Crippen molar-refractivity contribution in [2.24, 2.45) is 11.1 Å². The van der Waals surface area contributed by atoms with Crippen molar-refractivity contribution in [1.29, 1.82) is 0 Å². The van der Waals surface area contributed by atoms with Gasteiger partial charge in [0.05, 0.1) is 19.6 Å². The molecule has 108 valence electrons. The van der Waals surface area contributed by atoms with Gasteiger partial charge in [-0.2, -0.15) is 0 Å². The third-order valence-electron chi connectivity index (χ3n) is 3.61. The highest BCUT2D eigenvalue weighted by Crippen LogP contribution is 2.39. The molecule has 7 nitrogen and oxygen atoms in total. The Hall–Kier alpha value is -1.63. The molecule has 1 rings (SSSR count). The number of likely N-dealkylation sites (tertiary alicyclic amines) is 1. The second-order valence-corrected chi connectivity index (χ2v) is 4.90. The zero-order valence-electron chi connectivity index (χ0n) is 11.5. The topological polar surface area (TPSA) is 98.9 Å². The maximum atomic E-state index is 12.0. The van der Waals surface area contributed by atoms with E-state index in [1.165, 1.54) is 14.2 Å². The van der Waals surface area contributed by atoms with Crippen LogP contribution in [0.15, 0.2) is 0 Å². The molecule has 1 fully saturated rings. The molecular weight excluding hydrogens is 252 g/mol. The third kappa shape index (κ3) is 3.23. The molecule has 0 radical (unpaired) electrons. The van der Waals surface area contributed by atoms with E-state index in [1.807, 2.05) is 0 Å². The van der Waals surface area contributed by atoms with E-state index in [-0.39, 0.29) is 19.3 Å². The predicted octanol–water partition coefficient (Wildman–Crippen LogP) is -0.712. The van der Waals surface area contributed by atoms with Crippen LogP contribution in [0, 0.1) is 5.41 Å². The average molecular weight is 272 g/mol. The van der Waals surface area contributed by atoms with Gasteiger partial charge in [-0.3, -0.25) is 19.3 Å². The van der Waals surface area contributed by atoms with E-state index in [4.69, 9.17) is 15.2 Å². The first-order valence-corrected chi connectivity index (χ1v) is 6.01. The van der Waals surface area contributed by atoms with Crippen molar-refractivity contribution in [2.45, 2.75) is 25.3 Å². The second-order valence-electron chi connectivity index (χ2n) is 4.90. The fourth-order valence-electron chi connectivity index (χ4n) is 2.59. The van der Waals surface area contributed by atoms with Crippen LogP contribution in [0.1, 0.15) is 19.3 Å². The number of methoxy groups -OCH3 is 2. The highest BCUT2D eigenvalue weighted by molar-refractivity contribution is 5.83. The molecule has 0 bridgehead atoms. The number of ether oxygens (including phenoxy) is 2. The molecule has 1 aliphatic rings. The first-order valence-electron chi connectivity index (χ1n) is 6.01. The summed E-state index contributed by atoms with van der Waals surface area (Å²) in [6, 6.07) is -0.503. The van der Waals surface area contributed by atoms with E-state index in [0.717, 1.165) is 0 Å². The Morgan fingerprint density at radius 3 is 2.42 bits per heavy atom. The van der Waals surface area contributed by atoms with Crippen LogP contribution < -0.4 is 5.73 Å². The SMILES string of the molecule is COC(=O)C1CC(CCC(N)=O)(C(=O)OC)CN1C. The first kappa shape index (κ1) is 15.4. The number of rotatable bonds is 5. The summed E-state index contributed by atoms with van der Waals surface area (Å²) in [5.41, 5.74) is 4.25. The van der Waals surface area contributed by atoms with Gasteiger partial charge < -0.3 is 15.2 Å². The molecule has 2 unspecified atom stereocenters. The number of nitrogens with zero attached hydrogens (tertiary/aromatic N) is 1. The summed E-state index contributed by atoms with van der Waals surface area (Å²) < 4.78 is 9.52. The lowest BCUT2D eigenvalue weighted by Gasteiger charge is -2.25. The molecule has 19 heavy (non-hydrogen) atoms. The van der Waals surface area contributed by atoms with Crippen molar-refractivity contribution in [3.05, 3.63) is 0 Å². The van der Waals surface area contributed by atoms with Gasteiger partial charge in [-0.25, -0.2) is 0 Å². The van der Waals surface area contributed by atoms with E-state index >= 15 is 0 Å². The second kappa shape index (κ2) is 6.01. The Balaban J connectivity index is 2.91. The van der Waals surface area contributed by atoms with Crippen LogP contribution in [0.3, 0.4) is 0 Å². The number of nitrogens with two attached hydrogens (primary N) is 1. The Bertz CT molecular complexity index is 384. The quantitative estimate of drug-likeness (QED) is 0.664. The maximum Gasteiger partial charge on any atom is 0.323 e. The highest BCUT2D eigenvalue weighted by Gasteiger charge is 2.51. The Kier molecular flexibility index (Phi) is 4.88. The molecule has 2 N–H and O–H groups in total. The van der Waals surface area contributed by atoms with Gasteiger partial charge in [-0.05, 0) is 19.9 Å². The van der Waals surface area contributed by atoms with Gasteiger partial charge in [0.25, 0.3) is 0 Å². The molecule has 1 aliphatic heterocycles. The number of hydrogen-bond acceptors (Lipinski definition) is 6. The summed E-state index contributed by atoms with van der Waals surface area (Å²) in [4.78, 5) is 36.3. The van der Waals surface area contributed by atoms with Crippen molar-refractivity contribution in [1.82, 2.24) is 4.90 Å². The van der Waals surface area contributed by atoms with Gasteiger partial charge in [0.1, 0.15) is 6.04 Å². The molecule has 1 amide bonds. The number of amides is 1. The minimum Gasteiger partial charge on any atom is -0.469 e. The van der Waals surface area contributed by atoms with Gasteiger partial charge in [-0.1, -0.05) is 0 Å². The molecular formula is C12H20N2O5. The zero-order valence-corrected chi connectivity index (χ0v) is 11.5. The van der Waals surface area contributed by atoms with Crippen LogP contribution in [0.5, 0.6) is 0 Å². The zero-order chi connectivity index (χ0) is 14.6. The molecule has 0 spiro atoms. The van der Waals surface area contributed by atoms with Crippen LogP contribution in [0.25, 0.3) is 0 Å². The number of likely N-dealkylation sites (N-methyl/N-ethyl adjacent to an activating group) is 1. The summed E-state index contributed by atoms with van der Waals surface area (Å²) in [5, 5.41) is 0. The number of carbonyl (C=O) groups excluding carboxylic acids is 3. The van der Waals surface area contributed by atoms with E-state index in [1.54, 1.807) is 11.9 Å². The normalized spacial score (nSPS) is 27.0. The minimum atomic E-state index is -0.878. The van der Waals surface area contributed by atoms with E-state index in [2.05, 4.69) is 0 Å². The van der Waals surface area contributed by atoms with Gasteiger partial charge >= 0.3 is 11.9 Å². The summed E-state index contributed by atoms with van der Waals surface area (Å²) in [5.74, 6) is -1.30.